The van der Waals surface area contributed by atoms with E-state index < -0.39 is 5.97 Å². The van der Waals surface area contributed by atoms with Crippen molar-refractivity contribution in [3.63, 3.8) is 0 Å². The van der Waals surface area contributed by atoms with E-state index in [0.717, 1.165) is 39.1 Å². The van der Waals surface area contributed by atoms with Gasteiger partial charge in [-0.2, -0.15) is 0 Å². The summed E-state index contributed by atoms with van der Waals surface area (Å²) in [6.07, 6.45) is 1.29. The Morgan fingerprint density at radius 1 is 1.25 bits per heavy atom. The highest BCUT2D eigenvalue weighted by molar-refractivity contribution is 5.66. The fourth-order valence-corrected chi connectivity index (χ4v) is 1.85. The summed E-state index contributed by atoms with van der Waals surface area (Å²) in [4.78, 5) is 15.1. The Hall–Kier alpha value is -0.870. The first kappa shape index (κ1) is 13.2. The summed E-state index contributed by atoms with van der Waals surface area (Å²) in [5, 5.41) is 8.60. The van der Waals surface area contributed by atoms with Crippen molar-refractivity contribution in [1.82, 2.24) is 9.80 Å². The molecule has 1 saturated heterocycles. The van der Waals surface area contributed by atoms with E-state index in [0.29, 0.717) is 6.54 Å². The van der Waals surface area contributed by atoms with Crippen LogP contribution in [0.2, 0.25) is 0 Å². The fraction of sp³-hybridized carbons (Fsp3) is 0.750. The van der Waals surface area contributed by atoms with Gasteiger partial charge in [0.15, 0.2) is 0 Å². The van der Waals surface area contributed by atoms with Gasteiger partial charge in [-0.15, -0.1) is 0 Å². The summed E-state index contributed by atoms with van der Waals surface area (Å²) in [7, 11) is 0. The van der Waals surface area contributed by atoms with Crippen LogP contribution in [0.3, 0.4) is 0 Å². The highest BCUT2D eigenvalue weighted by Gasteiger charge is 2.17. The lowest BCUT2D eigenvalue weighted by Gasteiger charge is -2.34. The Balaban J connectivity index is 2.18. The lowest BCUT2D eigenvalue weighted by Crippen LogP contribution is -2.47. The average Bonchev–Trinajstić information content (AvgIpc) is 2.28. The third-order valence-corrected chi connectivity index (χ3v) is 3.05. The molecule has 0 aromatic rings. The van der Waals surface area contributed by atoms with Gasteiger partial charge < -0.3 is 10.0 Å². The largest absolute Gasteiger partial charge is 0.481 e. The maximum absolute atomic E-state index is 10.4. The number of carbonyl (C=O) groups is 1. The normalized spacial score (nSPS) is 18.6. The van der Waals surface area contributed by atoms with Crippen molar-refractivity contribution in [2.24, 2.45) is 0 Å². The minimum Gasteiger partial charge on any atom is -0.481 e. The summed E-state index contributed by atoms with van der Waals surface area (Å²) in [5.41, 5.74) is 1.28. The molecule has 1 heterocycles. The van der Waals surface area contributed by atoms with Gasteiger partial charge in [0.1, 0.15) is 0 Å². The van der Waals surface area contributed by atoms with Crippen LogP contribution in [0.4, 0.5) is 0 Å². The summed E-state index contributed by atoms with van der Waals surface area (Å²) in [5.74, 6) is -0.707. The number of hydrogen-bond acceptors (Lipinski definition) is 3. The molecule has 1 N–H and O–H groups in total. The third-order valence-electron chi connectivity index (χ3n) is 3.05. The zero-order valence-electron chi connectivity index (χ0n) is 10.1. The molecular weight excluding hydrogens is 204 g/mol. The zero-order chi connectivity index (χ0) is 12.0. The van der Waals surface area contributed by atoms with Gasteiger partial charge in [0.2, 0.25) is 0 Å². The summed E-state index contributed by atoms with van der Waals surface area (Å²) >= 11 is 0. The molecule has 1 aliphatic heterocycles. The predicted octanol–water partition coefficient (Wildman–Crippen LogP) is 1.04. The fourth-order valence-electron chi connectivity index (χ4n) is 1.85. The Labute approximate surface area is 97.5 Å². The van der Waals surface area contributed by atoms with E-state index in [1.54, 1.807) is 0 Å². The SMILES string of the molecule is C=C(CC)CN1CCN(CCC(=O)O)CC1. The molecule has 0 amide bonds. The Kier molecular flexibility index (Phi) is 5.49. The smallest absolute Gasteiger partial charge is 0.304 e. The molecule has 0 aromatic heterocycles. The standard InChI is InChI=1S/C12H22N2O2/c1-3-11(2)10-14-8-6-13(7-9-14)5-4-12(15)16/h2-10H2,1H3,(H,15,16). The maximum atomic E-state index is 10.4. The van der Waals surface area contributed by atoms with Crippen LogP contribution < -0.4 is 0 Å². The summed E-state index contributed by atoms with van der Waals surface area (Å²) < 4.78 is 0. The molecule has 1 fully saturated rings. The molecule has 4 heteroatoms. The first-order chi connectivity index (χ1) is 7.61. The second kappa shape index (κ2) is 6.66. The second-order valence-electron chi connectivity index (χ2n) is 4.37. The molecule has 0 atom stereocenters. The van der Waals surface area contributed by atoms with Crippen molar-refractivity contribution in [2.45, 2.75) is 19.8 Å². The number of hydrogen-bond donors (Lipinski definition) is 1. The van der Waals surface area contributed by atoms with Gasteiger partial charge in [0.05, 0.1) is 6.42 Å². The van der Waals surface area contributed by atoms with E-state index in [2.05, 4.69) is 23.3 Å². The minimum absolute atomic E-state index is 0.252. The highest BCUT2D eigenvalue weighted by atomic mass is 16.4. The van der Waals surface area contributed by atoms with Crippen LogP contribution >= 0.6 is 0 Å². The average molecular weight is 226 g/mol. The molecule has 0 unspecified atom stereocenters. The highest BCUT2D eigenvalue weighted by Crippen LogP contribution is 2.06. The Bertz CT molecular complexity index is 245. The number of piperazine rings is 1. The molecule has 0 radical (unpaired) electrons. The van der Waals surface area contributed by atoms with E-state index in [9.17, 15) is 4.79 Å². The minimum atomic E-state index is -0.707. The van der Waals surface area contributed by atoms with Crippen LogP contribution in [0.1, 0.15) is 19.8 Å². The van der Waals surface area contributed by atoms with Crippen molar-refractivity contribution in [2.75, 3.05) is 39.3 Å². The molecule has 16 heavy (non-hydrogen) atoms. The topological polar surface area (TPSA) is 43.8 Å². The van der Waals surface area contributed by atoms with Gasteiger partial charge >= 0.3 is 5.97 Å². The van der Waals surface area contributed by atoms with E-state index in [1.165, 1.54) is 5.57 Å². The lowest BCUT2D eigenvalue weighted by atomic mass is 10.2. The van der Waals surface area contributed by atoms with Crippen molar-refractivity contribution in [3.05, 3.63) is 12.2 Å². The molecule has 0 aromatic carbocycles. The monoisotopic (exact) mass is 226 g/mol. The van der Waals surface area contributed by atoms with Crippen LogP contribution in [-0.2, 0) is 4.79 Å². The maximum Gasteiger partial charge on any atom is 0.304 e. The van der Waals surface area contributed by atoms with Crippen molar-refractivity contribution in [3.8, 4) is 0 Å². The van der Waals surface area contributed by atoms with Gasteiger partial charge in [0, 0.05) is 39.3 Å². The van der Waals surface area contributed by atoms with Crippen LogP contribution in [0, 0.1) is 0 Å². The van der Waals surface area contributed by atoms with E-state index in [4.69, 9.17) is 5.11 Å². The molecule has 92 valence electrons. The van der Waals surface area contributed by atoms with Crippen LogP contribution in [-0.4, -0.2) is 60.1 Å². The molecular formula is C12H22N2O2. The first-order valence-corrected chi connectivity index (χ1v) is 5.95. The molecule has 0 aliphatic carbocycles. The molecule has 1 rings (SSSR count). The summed E-state index contributed by atoms with van der Waals surface area (Å²) in [6.45, 7) is 11.8. The lowest BCUT2D eigenvalue weighted by molar-refractivity contribution is -0.137. The van der Waals surface area contributed by atoms with E-state index in [-0.39, 0.29) is 6.42 Å². The Morgan fingerprint density at radius 2 is 1.81 bits per heavy atom. The van der Waals surface area contributed by atoms with Gasteiger partial charge in [0.25, 0.3) is 0 Å². The van der Waals surface area contributed by atoms with E-state index >= 15 is 0 Å². The van der Waals surface area contributed by atoms with Gasteiger partial charge in [-0.25, -0.2) is 0 Å². The number of rotatable bonds is 6. The molecule has 0 saturated carbocycles. The molecule has 0 bridgehead atoms. The van der Waals surface area contributed by atoms with Gasteiger partial charge in [-0.1, -0.05) is 19.1 Å². The van der Waals surface area contributed by atoms with Crippen LogP contribution in [0.5, 0.6) is 0 Å². The number of nitrogens with zero attached hydrogens (tertiary/aromatic N) is 2. The predicted molar refractivity (Wildman–Crippen MR) is 64.6 cm³/mol. The zero-order valence-corrected chi connectivity index (χ0v) is 10.1. The van der Waals surface area contributed by atoms with Crippen molar-refractivity contribution in [1.29, 1.82) is 0 Å². The van der Waals surface area contributed by atoms with Crippen molar-refractivity contribution >= 4 is 5.97 Å². The second-order valence-corrected chi connectivity index (χ2v) is 4.37. The van der Waals surface area contributed by atoms with Crippen LogP contribution in [0.25, 0.3) is 0 Å². The first-order valence-electron chi connectivity index (χ1n) is 5.95. The Morgan fingerprint density at radius 3 is 2.31 bits per heavy atom. The molecule has 1 aliphatic rings. The number of carboxylic acids is 1. The third kappa shape index (κ3) is 4.77. The van der Waals surface area contributed by atoms with Crippen LogP contribution in [0.15, 0.2) is 12.2 Å². The quantitative estimate of drug-likeness (QED) is 0.687. The van der Waals surface area contributed by atoms with Gasteiger partial charge in [-0.05, 0) is 6.42 Å². The number of aliphatic carboxylic acids is 1. The summed E-state index contributed by atoms with van der Waals surface area (Å²) in [6, 6.07) is 0. The van der Waals surface area contributed by atoms with E-state index in [1.807, 2.05) is 0 Å². The van der Waals surface area contributed by atoms with Crippen molar-refractivity contribution < 1.29 is 9.90 Å². The molecule has 0 spiro atoms. The molecule has 4 nitrogen and oxygen atoms in total. The van der Waals surface area contributed by atoms with Gasteiger partial charge in [-0.3, -0.25) is 9.69 Å². The number of carboxylic acid groups (broad SMARTS) is 1.